The molecule has 1 aliphatic rings. The van der Waals surface area contributed by atoms with Gasteiger partial charge in [-0.2, -0.15) is 0 Å². The largest absolute Gasteiger partial charge is 0.384 e. The molecule has 0 atom stereocenters. The average Bonchev–Trinajstić information content (AvgIpc) is 2.95. The number of aryl methyl sites for hydroxylation is 1. The first-order chi connectivity index (χ1) is 11.1. The van der Waals surface area contributed by atoms with Crippen molar-refractivity contribution in [3.8, 4) is 0 Å². The molecule has 23 heavy (non-hydrogen) atoms. The molecule has 3 rings (SSSR count). The second kappa shape index (κ2) is 7.31. The van der Waals surface area contributed by atoms with Crippen molar-refractivity contribution in [2.45, 2.75) is 48.2 Å². The van der Waals surface area contributed by atoms with Gasteiger partial charge in [0.05, 0.1) is 5.56 Å². The number of amides is 1. The number of thioether (sulfide) groups is 1. The van der Waals surface area contributed by atoms with Gasteiger partial charge in [-0.05, 0) is 44.7 Å². The molecule has 0 bridgehead atoms. The van der Waals surface area contributed by atoms with Gasteiger partial charge in [0.1, 0.15) is 10.2 Å². The van der Waals surface area contributed by atoms with Gasteiger partial charge in [0.2, 0.25) is 0 Å². The molecule has 1 aliphatic carbocycles. The van der Waals surface area contributed by atoms with Gasteiger partial charge in [0.25, 0.3) is 5.91 Å². The van der Waals surface area contributed by atoms with E-state index in [4.69, 9.17) is 5.73 Å². The minimum atomic E-state index is -0.0656. The van der Waals surface area contributed by atoms with E-state index < -0.39 is 0 Å². The summed E-state index contributed by atoms with van der Waals surface area (Å²) in [5.74, 6) is 0.362. The summed E-state index contributed by atoms with van der Waals surface area (Å²) in [5.41, 5.74) is 7.20. The summed E-state index contributed by atoms with van der Waals surface area (Å²) in [6.07, 6.45) is 5.76. The maximum atomic E-state index is 12.2. The highest BCUT2D eigenvalue weighted by atomic mass is 32.2. The van der Waals surface area contributed by atoms with Gasteiger partial charge in [0.15, 0.2) is 0 Å². The van der Waals surface area contributed by atoms with E-state index in [1.54, 1.807) is 23.5 Å². The van der Waals surface area contributed by atoms with Crippen LogP contribution in [0.1, 0.15) is 41.7 Å². The van der Waals surface area contributed by atoms with Crippen LogP contribution in [0.2, 0.25) is 0 Å². The molecule has 0 unspecified atom stereocenters. The van der Waals surface area contributed by atoms with Crippen LogP contribution in [0.3, 0.4) is 0 Å². The van der Waals surface area contributed by atoms with Crippen LogP contribution >= 0.6 is 23.1 Å². The molecule has 0 aromatic carbocycles. The quantitative estimate of drug-likeness (QED) is 0.886. The molecule has 3 N–H and O–H groups in total. The number of hydrogen-bond acceptors (Lipinski definition) is 6. The lowest BCUT2D eigenvalue weighted by Crippen LogP contribution is -2.38. The second-order valence-corrected chi connectivity index (χ2v) is 8.20. The second-order valence-electron chi connectivity index (χ2n) is 5.79. The average molecular weight is 348 g/mol. The fourth-order valence-corrected chi connectivity index (χ4v) is 4.95. The summed E-state index contributed by atoms with van der Waals surface area (Å²) < 4.78 is 1.16. The van der Waals surface area contributed by atoms with Crippen molar-refractivity contribution in [1.82, 2.24) is 15.3 Å². The van der Waals surface area contributed by atoms with Crippen molar-refractivity contribution in [3.05, 3.63) is 35.0 Å². The number of carbonyl (C=O) groups excluding carboxylic acids is 1. The number of anilines is 1. The zero-order chi connectivity index (χ0) is 16.2. The van der Waals surface area contributed by atoms with E-state index in [0.717, 1.165) is 35.7 Å². The summed E-state index contributed by atoms with van der Waals surface area (Å²) in [7, 11) is 0. The van der Waals surface area contributed by atoms with Gasteiger partial charge in [-0.1, -0.05) is 11.8 Å². The molecule has 1 amide bonds. The predicted octanol–water partition coefficient (Wildman–Crippen LogP) is 3.26. The highest BCUT2D eigenvalue weighted by molar-refractivity contribution is 8.01. The first kappa shape index (κ1) is 16.3. The molecule has 0 spiro atoms. The normalized spacial score (nSPS) is 21.1. The number of nitrogens with one attached hydrogen (secondary N) is 1. The molecule has 2 aromatic rings. The topological polar surface area (TPSA) is 80.9 Å². The maximum absolute atomic E-state index is 12.2. The van der Waals surface area contributed by atoms with Gasteiger partial charge < -0.3 is 11.1 Å². The first-order valence-electron chi connectivity index (χ1n) is 7.71. The Bertz CT molecular complexity index is 663. The molecule has 1 saturated carbocycles. The fraction of sp³-hybridized carbons (Fsp3) is 0.438. The SMILES string of the molecule is Cc1csc(SC2CCC(NC(=O)c3ccc(N)nc3)CC2)n1. The van der Waals surface area contributed by atoms with Crippen molar-refractivity contribution >= 4 is 34.8 Å². The van der Waals surface area contributed by atoms with Gasteiger partial charge in [-0.15, -0.1) is 11.3 Å². The van der Waals surface area contributed by atoms with Crippen LogP contribution in [0.15, 0.2) is 28.0 Å². The molecular formula is C16H20N4OS2. The van der Waals surface area contributed by atoms with E-state index in [0.29, 0.717) is 16.6 Å². The molecule has 1 fully saturated rings. The van der Waals surface area contributed by atoms with Crippen molar-refractivity contribution < 1.29 is 4.79 Å². The van der Waals surface area contributed by atoms with Crippen molar-refractivity contribution in [3.63, 3.8) is 0 Å². The molecule has 0 radical (unpaired) electrons. The number of rotatable bonds is 4. The number of nitrogens with two attached hydrogens (primary N) is 1. The van der Waals surface area contributed by atoms with Crippen molar-refractivity contribution in [2.24, 2.45) is 0 Å². The van der Waals surface area contributed by atoms with E-state index in [1.807, 2.05) is 18.7 Å². The van der Waals surface area contributed by atoms with Gasteiger partial charge in [-0.25, -0.2) is 9.97 Å². The first-order valence-corrected chi connectivity index (χ1v) is 9.47. The lowest BCUT2D eigenvalue weighted by molar-refractivity contribution is 0.0928. The number of thiazole rings is 1. The van der Waals surface area contributed by atoms with Crippen molar-refractivity contribution in [2.75, 3.05) is 5.73 Å². The standard InChI is InChI=1S/C16H20N4OS2/c1-10-9-22-16(19-10)23-13-5-3-12(4-6-13)20-15(21)11-2-7-14(17)18-8-11/h2,7-9,12-13H,3-6H2,1H3,(H2,17,18)(H,20,21). The van der Waals surface area contributed by atoms with Gasteiger partial charge in [-0.3, -0.25) is 4.79 Å². The monoisotopic (exact) mass is 348 g/mol. The summed E-state index contributed by atoms with van der Waals surface area (Å²) in [4.78, 5) is 20.7. The number of carbonyl (C=O) groups is 1. The van der Waals surface area contributed by atoms with Crippen LogP contribution in [-0.2, 0) is 0 Å². The Morgan fingerprint density at radius 1 is 1.35 bits per heavy atom. The lowest BCUT2D eigenvalue weighted by atomic mass is 9.95. The van der Waals surface area contributed by atoms with Gasteiger partial charge >= 0.3 is 0 Å². The predicted molar refractivity (Wildman–Crippen MR) is 94.9 cm³/mol. The van der Waals surface area contributed by atoms with E-state index >= 15 is 0 Å². The van der Waals surface area contributed by atoms with Crippen molar-refractivity contribution in [1.29, 1.82) is 0 Å². The smallest absolute Gasteiger partial charge is 0.253 e. The minimum absolute atomic E-state index is 0.0656. The molecular weight excluding hydrogens is 328 g/mol. The number of nitrogen functional groups attached to an aromatic ring is 1. The van der Waals surface area contributed by atoms with E-state index in [2.05, 4.69) is 20.7 Å². The third kappa shape index (κ3) is 4.45. The van der Waals surface area contributed by atoms with Crippen LogP contribution in [0.25, 0.3) is 0 Å². The minimum Gasteiger partial charge on any atom is -0.384 e. The van der Waals surface area contributed by atoms with Crippen LogP contribution in [0, 0.1) is 6.92 Å². The zero-order valence-electron chi connectivity index (χ0n) is 13.0. The van der Waals surface area contributed by atoms with E-state index in [9.17, 15) is 4.79 Å². The number of pyridine rings is 1. The molecule has 0 aliphatic heterocycles. The third-order valence-electron chi connectivity index (χ3n) is 3.92. The molecule has 122 valence electrons. The zero-order valence-corrected chi connectivity index (χ0v) is 14.6. The number of nitrogens with zero attached hydrogens (tertiary/aromatic N) is 2. The molecule has 5 nitrogen and oxygen atoms in total. The molecule has 7 heteroatoms. The Morgan fingerprint density at radius 3 is 2.74 bits per heavy atom. The van der Waals surface area contributed by atoms with Crippen LogP contribution < -0.4 is 11.1 Å². The molecule has 0 saturated heterocycles. The highest BCUT2D eigenvalue weighted by Crippen LogP contribution is 2.35. The Morgan fingerprint density at radius 2 is 2.13 bits per heavy atom. The third-order valence-corrected chi connectivity index (χ3v) is 6.35. The lowest BCUT2D eigenvalue weighted by Gasteiger charge is -2.28. The number of hydrogen-bond donors (Lipinski definition) is 2. The Labute approximate surface area is 144 Å². The van der Waals surface area contributed by atoms with Gasteiger partial charge in [0, 0.05) is 28.6 Å². The van der Waals surface area contributed by atoms with Crippen LogP contribution in [-0.4, -0.2) is 27.2 Å². The maximum Gasteiger partial charge on any atom is 0.253 e. The highest BCUT2D eigenvalue weighted by Gasteiger charge is 2.24. The Hall–Kier alpha value is -1.60. The fourth-order valence-electron chi connectivity index (χ4n) is 2.66. The molecule has 2 heterocycles. The van der Waals surface area contributed by atoms with Crippen LogP contribution in [0.4, 0.5) is 5.82 Å². The Balaban J connectivity index is 1.47. The molecule has 2 aromatic heterocycles. The van der Waals surface area contributed by atoms with Crippen LogP contribution in [0.5, 0.6) is 0 Å². The summed E-state index contributed by atoms with van der Waals surface area (Å²) in [6.45, 7) is 2.03. The Kier molecular flexibility index (Phi) is 5.17. The number of aromatic nitrogens is 2. The summed E-state index contributed by atoms with van der Waals surface area (Å²) in [5, 5.41) is 5.80. The summed E-state index contributed by atoms with van der Waals surface area (Å²) in [6, 6.07) is 3.61. The van der Waals surface area contributed by atoms with E-state index in [1.165, 1.54) is 6.20 Å². The summed E-state index contributed by atoms with van der Waals surface area (Å²) >= 11 is 3.59. The van der Waals surface area contributed by atoms with E-state index in [-0.39, 0.29) is 11.9 Å².